The third kappa shape index (κ3) is 1.88. The quantitative estimate of drug-likeness (QED) is 0.808. The average Bonchev–Trinajstić information content (AvgIpc) is 2.29. The lowest BCUT2D eigenvalue weighted by Gasteiger charge is -2.06. The van der Waals surface area contributed by atoms with Gasteiger partial charge in [0.05, 0.1) is 5.56 Å². The van der Waals surface area contributed by atoms with E-state index in [9.17, 15) is 9.90 Å². The monoisotopic (exact) mass is 214 g/mol. The average molecular weight is 214 g/mol. The third-order valence-electron chi connectivity index (χ3n) is 2.32. The van der Waals surface area contributed by atoms with Gasteiger partial charge in [-0.25, -0.2) is 4.79 Å². The molecule has 0 radical (unpaired) electrons. The van der Waals surface area contributed by atoms with Crippen LogP contribution in [0.3, 0.4) is 0 Å². The Bertz CT molecular complexity index is 518. The minimum Gasteiger partial charge on any atom is -0.508 e. The first-order valence-electron chi connectivity index (χ1n) is 4.80. The summed E-state index contributed by atoms with van der Waals surface area (Å²) in [6.07, 6.45) is 0. The van der Waals surface area contributed by atoms with Crippen LogP contribution in [0.2, 0.25) is 0 Å². The Labute approximate surface area is 92.6 Å². The zero-order chi connectivity index (χ0) is 11.5. The number of aromatic hydroxyl groups is 1. The fourth-order valence-electron chi connectivity index (χ4n) is 1.58. The molecule has 2 aromatic carbocycles. The molecule has 0 bridgehead atoms. The maximum absolute atomic E-state index is 11.0. The minimum atomic E-state index is -1.00. The maximum atomic E-state index is 11.0. The third-order valence-corrected chi connectivity index (χ3v) is 2.32. The molecular weight excluding hydrogens is 204 g/mol. The minimum absolute atomic E-state index is 0.0591. The van der Waals surface area contributed by atoms with Gasteiger partial charge < -0.3 is 10.2 Å². The number of benzene rings is 2. The van der Waals surface area contributed by atoms with E-state index in [-0.39, 0.29) is 11.3 Å². The van der Waals surface area contributed by atoms with Gasteiger partial charge in [0.15, 0.2) is 0 Å². The summed E-state index contributed by atoms with van der Waals surface area (Å²) in [6.45, 7) is 0. The molecule has 2 N–H and O–H groups in total. The van der Waals surface area contributed by atoms with E-state index in [0.29, 0.717) is 5.56 Å². The SMILES string of the molecule is O=C(O)c1ccc(O)cc1-c1ccccc1. The second-order valence-electron chi connectivity index (χ2n) is 3.40. The van der Waals surface area contributed by atoms with E-state index in [2.05, 4.69) is 0 Å². The molecule has 0 spiro atoms. The number of phenolic OH excluding ortho intramolecular Hbond substituents is 1. The van der Waals surface area contributed by atoms with Crippen molar-refractivity contribution in [1.29, 1.82) is 0 Å². The first-order chi connectivity index (χ1) is 7.68. The lowest BCUT2D eigenvalue weighted by atomic mass is 9.99. The second-order valence-corrected chi connectivity index (χ2v) is 3.40. The molecule has 0 atom stereocenters. The zero-order valence-electron chi connectivity index (χ0n) is 8.42. The van der Waals surface area contributed by atoms with E-state index in [4.69, 9.17) is 5.11 Å². The summed E-state index contributed by atoms with van der Waals surface area (Å²) in [6, 6.07) is 13.3. The number of hydrogen-bond donors (Lipinski definition) is 2. The van der Waals surface area contributed by atoms with Gasteiger partial charge in [-0.2, -0.15) is 0 Å². The Morgan fingerprint density at radius 2 is 1.69 bits per heavy atom. The molecule has 80 valence electrons. The number of carboxylic acids is 1. The summed E-state index contributed by atoms with van der Waals surface area (Å²) in [5.74, 6) is -0.942. The van der Waals surface area contributed by atoms with Crippen molar-refractivity contribution in [2.24, 2.45) is 0 Å². The predicted molar refractivity (Wildman–Crippen MR) is 60.5 cm³/mol. The van der Waals surface area contributed by atoms with Crippen LogP contribution in [-0.2, 0) is 0 Å². The summed E-state index contributed by atoms with van der Waals surface area (Å²) < 4.78 is 0. The van der Waals surface area contributed by atoms with Crippen LogP contribution in [0.25, 0.3) is 11.1 Å². The predicted octanol–water partition coefficient (Wildman–Crippen LogP) is 2.76. The molecule has 0 saturated carbocycles. The van der Waals surface area contributed by atoms with Crippen LogP contribution < -0.4 is 0 Å². The van der Waals surface area contributed by atoms with Gasteiger partial charge in [-0.05, 0) is 29.3 Å². The van der Waals surface area contributed by atoms with Crippen LogP contribution >= 0.6 is 0 Å². The number of rotatable bonds is 2. The van der Waals surface area contributed by atoms with Crippen molar-refractivity contribution in [3.63, 3.8) is 0 Å². The lowest BCUT2D eigenvalue weighted by Crippen LogP contribution is -1.98. The van der Waals surface area contributed by atoms with E-state index >= 15 is 0 Å². The van der Waals surface area contributed by atoms with Gasteiger partial charge in [0.2, 0.25) is 0 Å². The molecule has 2 aromatic rings. The second kappa shape index (κ2) is 4.06. The van der Waals surface area contributed by atoms with E-state index < -0.39 is 5.97 Å². The molecule has 0 saturated heterocycles. The largest absolute Gasteiger partial charge is 0.508 e. The van der Waals surface area contributed by atoms with Gasteiger partial charge >= 0.3 is 5.97 Å². The van der Waals surface area contributed by atoms with Crippen molar-refractivity contribution in [1.82, 2.24) is 0 Å². The Kier molecular flexibility index (Phi) is 2.60. The lowest BCUT2D eigenvalue weighted by molar-refractivity contribution is 0.0698. The van der Waals surface area contributed by atoms with Gasteiger partial charge in [-0.1, -0.05) is 30.3 Å². The molecule has 0 aliphatic heterocycles. The summed E-state index contributed by atoms with van der Waals surface area (Å²) in [4.78, 5) is 11.0. The smallest absolute Gasteiger partial charge is 0.336 e. The fourth-order valence-corrected chi connectivity index (χ4v) is 1.58. The van der Waals surface area contributed by atoms with Gasteiger partial charge in [0.1, 0.15) is 5.75 Å². The Hall–Kier alpha value is -2.29. The van der Waals surface area contributed by atoms with E-state index in [1.165, 1.54) is 18.2 Å². The molecule has 0 aliphatic rings. The van der Waals surface area contributed by atoms with Crippen molar-refractivity contribution in [3.8, 4) is 16.9 Å². The Morgan fingerprint density at radius 3 is 2.31 bits per heavy atom. The van der Waals surface area contributed by atoms with Crippen LogP contribution in [0.1, 0.15) is 10.4 Å². The molecule has 3 nitrogen and oxygen atoms in total. The topological polar surface area (TPSA) is 57.5 Å². The van der Waals surface area contributed by atoms with Crippen molar-refractivity contribution < 1.29 is 15.0 Å². The molecule has 16 heavy (non-hydrogen) atoms. The number of carboxylic acid groups (broad SMARTS) is 1. The first-order valence-corrected chi connectivity index (χ1v) is 4.80. The van der Waals surface area contributed by atoms with Crippen LogP contribution in [0.15, 0.2) is 48.5 Å². The standard InChI is InChI=1S/C13H10O3/c14-10-6-7-11(13(15)16)12(8-10)9-4-2-1-3-5-9/h1-8,14H,(H,15,16). The van der Waals surface area contributed by atoms with Gasteiger partial charge in [-0.3, -0.25) is 0 Å². The highest BCUT2D eigenvalue weighted by Crippen LogP contribution is 2.27. The highest BCUT2D eigenvalue weighted by atomic mass is 16.4. The molecule has 0 aromatic heterocycles. The van der Waals surface area contributed by atoms with Crippen LogP contribution in [0, 0.1) is 0 Å². The molecule has 0 amide bonds. The van der Waals surface area contributed by atoms with Gasteiger partial charge in [0, 0.05) is 0 Å². The van der Waals surface area contributed by atoms with Crippen molar-refractivity contribution >= 4 is 5.97 Å². The maximum Gasteiger partial charge on any atom is 0.336 e. The van der Waals surface area contributed by atoms with E-state index in [0.717, 1.165) is 5.56 Å². The fraction of sp³-hybridized carbons (Fsp3) is 0. The zero-order valence-corrected chi connectivity index (χ0v) is 8.42. The number of carbonyl (C=O) groups is 1. The highest BCUT2D eigenvalue weighted by Gasteiger charge is 2.11. The van der Waals surface area contributed by atoms with Crippen LogP contribution in [0.4, 0.5) is 0 Å². The Balaban J connectivity index is 2.63. The van der Waals surface area contributed by atoms with Crippen LogP contribution in [0.5, 0.6) is 5.75 Å². The van der Waals surface area contributed by atoms with Gasteiger partial charge in [-0.15, -0.1) is 0 Å². The summed E-state index contributed by atoms with van der Waals surface area (Å²) in [5, 5.41) is 18.4. The molecule has 0 heterocycles. The molecule has 2 rings (SSSR count). The number of hydrogen-bond acceptors (Lipinski definition) is 2. The molecule has 0 unspecified atom stereocenters. The van der Waals surface area contributed by atoms with Crippen molar-refractivity contribution in [2.75, 3.05) is 0 Å². The first kappa shape index (κ1) is 10.2. The summed E-state index contributed by atoms with van der Waals surface area (Å²) in [5.41, 5.74) is 1.48. The summed E-state index contributed by atoms with van der Waals surface area (Å²) >= 11 is 0. The van der Waals surface area contributed by atoms with Crippen molar-refractivity contribution in [2.45, 2.75) is 0 Å². The number of aromatic carboxylic acids is 1. The molecular formula is C13H10O3. The van der Waals surface area contributed by atoms with Crippen LogP contribution in [-0.4, -0.2) is 16.2 Å². The molecule has 0 fully saturated rings. The Morgan fingerprint density at radius 1 is 1.00 bits per heavy atom. The molecule has 3 heteroatoms. The van der Waals surface area contributed by atoms with E-state index in [1.807, 2.05) is 18.2 Å². The highest BCUT2D eigenvalue weighted by molar-refractivity contribution is 5.96. The van der Waals surface area contributed by atoms with Crippen molar-refractivity contribution in [3.05, 3.63) is 54.1 Å². The summed E-state index contributed by atoms with van der Waals surface area (Å²) in [7, 11) is 0. The normalized spacial score (nSPS) is 10.0. The van der Waals surface area contributed by atoms with E-state index in [1.54, 1.807) is 12.1 Å². The number of phenols is 1. The molecule has 0 aliphatic carbocycles. The van der Waals surface area contributed by atoms with Gasteiger partial charge in [0.25, 0.3) is 0 Å².